The van der Waals surface area contributed by atoms with Gasteiger partial charge in [0.2, 0.25) is 5.88 Å². The third kappa shape index (κ3) is 2.70. The Morgan fingerprint density at radius 2 is 1.83 bits per heavy atom. The van der Waals surface area contributed by atoms with Crippen molar-refractivity contribution < 1.29 is 5.11 Å². The lowest BCUT2D eigenvalue weighted by atomic mass is 9.95. The molecule has 0 spiro atoms. The zero-order valence-corrected chi connectivity index (χ0v) is 16.7. The maximum absolute atomic E-state index is 12.8. The molecule has 0 saturated carbocycles. The molecule has 5 rings (SSSR count). The summed E-state index contributed by atoms with van der Waals surface area (Å²) in [4.78, 5) is 31.2. The van der Waals surface area contributed by atoms with Crippen LogP contribution in [0.15, 0.2) is 52.1 Å². The van der Waals surface area contributed by atoms with Crippen molar-refractivity contribution in [3.05, 3.63) is 91.3 Å². The summed E-state index contributed by atoms with van der Waals surface area (Å²) < 4.78 is 1.15. The van der Waals surface area contributed by atoms with Gasteiger partial charge in [-0.15, -0.1) is 0 Å². The van der Waals surface area contributed by atoms with Crippen LogP contribution in [0.1, 0.15) is 34.0 Å². The summed E-state index contributed by atoms with van der Waals surface area (Å²) >= 11 is 0. The first kappa shape index (κ1) is 18.4. The standard InChI is InChI=1S/C23H22N4O3/c1-12-7-8-14(11-13(12)2)27-22(29)18(21(28)26-23(27)30)20-19-16(9-10-24-20)15-5-3-4-6-17(15)25-19/h3-8,11,20,24-25,29H,9-10H2,1-2H3,(H,26,28,30)/t20-/m0/s1. The third-order valence-electron chi connectivity index (χ3n) is 6.02. The van der Waals surface area contributed by atoms with Crippen LogP contribution in [0.3, 0.4) is 0 Å². The number of H-pyrrole nitrogens is 2. The molecule has 0 aliphatic carbocycles. The molecule has 2 aromatic carbocycles. The molecule has 1 aliphatic heterocycles. The van der Waals surface area contributed by atoms with Gasteiger partial charge in [0.1, 0.15) is 5.56 Å². The number of aromatic nitrogens is 3. The summed E-state index contributed by atoms with van der Waals surface area (Å²) in [5.41, 5.74) is 4.37. The Labute approximate surface area is 172 Å². The smallest absolute Gasteiger partial charge is 0.335 e. The van der Waals surface area contributed by atoms with Crippen LogP contribution in [0.25, 0.3) is 16.6 Å². The van der Waals surface area contributed by atoms with Gasteiger partial charge in [0.15, 0.2) is 0 Å². The molecule has 0 bridgehead atoms. The minimum atomic E-state index is -0.669. The topological polar surface area (TPSA) is 103 Å². The second-order valence-corrected chi connectivity index (χ2v) is 7.80. The van der Waals surface area contributed by atoms with Gasteiger partial charge in [0.05, 0.1) is 11.7 Å². The van der Waals surface area contributed by atoms with Gasteiger partial charge >= 0.3 is 5.69 Å². The Kier molecular flexibility index (Phi) is 4.15. The van der Waals surface area contributed by atoms with Crippen molar-refractivity contribution in [1.29, 1.82) is 0 Å². The lowest BCUT2D eigenvalue weighted by Gasteiger charge is -2.25. The molecule has 0 unspecified atom stereocenters. The van der Waals surface area contributed by atoms with Crippen molar-refractivity contribution >= 4 is 10.9 Å². The van der Waals surface area contributed by atoms with Crippen LogP contribution in [-0.4, -0.2) is 26.2 Å². The molecule has 0 fully saturated rings. The Morgan fingerprint density at radius 3 is 2.63 bits per heavy atom. The average molecular weight is 402 g/mol. The van der Waals surface area contributed by atoms with E-state index in [2.05, 4.69) is 15.3 Å². The zero-order valence-electron chi connectivity index (χ0n) is 16.7. The molecule has 3 heterocycles. The molecule has 7 nitrogen and oxygen atoms in total. The highest BCUT2D eigenvalue weighted by molar-refractivity contribution is 5.85. The fourth-order valence-electron chi connectivity index (χ4n) is 4.33. The molecule has 0 saturated heterocycles. The number of benzene rings is 2. The molecule has 1 atom stereocenters. The molecule has 4 aromatic rings. The van der Waals surface area contributed by atoms with Crippen molar-refractivity contribution in [2.45, 2.75) is 26.3 Å². The predicted octanol–water partition coefficient (Wildman–Crippen LogP) is 2.56. The van der Waals surface area contributed by atoms with E-state index < -0.39 is 17.3 Å². The van der Waals surface area contributed by atoms with E-state index >= 15 is 0 Å². The van der Waals surface area contributed by atoms with Crippen LogP contribution in [0, 0.1) is 13.8 Å². The van der Waals surface area contributed by atoms with Crippen LogP contribution in [0.2, 0.25) is 0 Å². The van der Waals surface area contributed by atoms with Gasteiger partial charge in [-0.05, 0) is 55.2 Å². The summed E-state index contributed by atoms with van der Waals surface area (Å²) in [6, 6.07) is 12.9. The largest absolute Gasteiger partial charge is 0.494 e. The molecule has 1 aliphatic rings. The molecular weight excluding hydrogens is 380 g/mol. The average Bonchev–Trinajstić information content (AvgIpc) is 3.10. The summed E-state index contributed by atoms with van der Waals surface area (Å²) in [6.07, 6.45) is 0.811. The maximum Gasteiger partial charge on any atom is 0.335 e. The molecule has 0 radical (unpaired) electrons. The molecular formula is C23H22N4O3. The minimum absolute atomic E-state index is 0.125. The van der Waals surface area contributed by atoms with Crippen molar-refractivity contribution in [3.8, 4) is 11.6 Å². The number of hydrogen-bond acceptors (Lipinski definition) is 4. The number of aryl methyl sites for hydroxylation is 2. The molecule has 2 aromatic heterocycles. The van der Waals surface area contributed by atoms with E-state index in [9.17, 15) is 14.7 Å². The Balaban J connectivity index is 1.74. The first-order valence-electron chi connectivity index (χ1n) is 9.94. The van der Waals surface area contributed by atoms with Gasteiger partial charge in [0.25, 0.3) is 5.56 Å². The highest BCUT2D eigenvalue weighted by Gasteiger charge is 2.31. The SMILES string of the molecule is Cc1ccc(-n2c(O)c([C@@H]3NCCc4c3[nH]c3ccccc43)c(=O)[nH]c2=O)cc1C. The van der Waals surface area contributed by atoms with E-state index in [-0.39, 0.29) is 11.4 Å². The van der Waals surface area contributed by atoms with Crippen molar-refractivity contribution in [2.75, 3.05) is 6.54 Å². The monoisotopic (exact) mass is 402 g/mol. The van der Waals surface area contributed by atoms with E-state index in [4.69, 9.17) is 0 Å². The third-order valence-corrected chi connectivity index (χ3v) is 6.02. The lowest BCUT2D eigenvalue weighted by molar-refractivity contribution is 0.409. The van der Waals surface area contributed by atoms with Gasteiger partial charge in [0, 0.05) is 23.1 Å². The molecule has 4 N–H and O–H groups in total. The highest BCUT2D eigenvalue weighted by Crippen LogP contribution is 2.35. The van der Waals surface area contributed by atoms with Crippen molar-refractivity contribution in [1.82, 2.24) is 19.9 Å². The second kappa shape index (κ2) is 6.74. The van der Waals surface area contributed by atoms with Crippen molar-refractivity contribution in [2.24, 2.45) is 0 Å². The second-order valence-electron chi connectivity index (χ2n) is 7.80. The quantitative estimate of drug-likeness (QED) is 0.414. The Hall–Kier alpha value is -3.58. The van der Waals surface area contributed by atoms with Gasteiger partial charge in [-0.3, -0.25) is 9.78 Å². The van der Waals surface area contributed by atoms with E-state index in [1.54, 1.807) is 6.07 Å². The van der Waals surface area contributed by atoms with E-state index in [1.807, 2.05) is 50.2 Å². The fraction of sp³-hybridized carbons (Fsp3) is 0.217. The van der Waals surface area contributed by atoms with Crippen molar-refractivity contribution in [3.63, 3.8) is 0 Å². The van der Waals surface area contributed by atoms with Gasteiger partial charge in [-0.25, -0.2) is 9.36 Å². The summed E-state index contributed by atoms with van der Waals surface area (Å²) in [7, 11) is 0. The van der Waals surface area contributed by atoms with Crippen LogP contribution < -0.4 is 16.6 Å². The number of hydrogen-bond donors (Lipinski definition) is 4. The van der Waals surface area contributed by atoms with E-state index in [0.717, 1.165) is 44.3 Å². The number of nitrogens with one attached hydrogen (secondary N) is 3. The molecule has 7 heteroatoms. The normalized spacial score (nSPS) is 16.0. The van der Waals surface area contributed by atoms with E-state index in [0.29, 0.717) is 12.2 Å². The first-order valence-corrected chi connectivity index (χ1v) is 9.94. The summed E-state index contributed by atoms with van der Waals surface area (Å²) in [5, 5.41) is 15.5. The fourth-order valence-corrected chi connectivity index (χ4v) is 4.33. The van der Waals surface area contributed by atoms with Gasteiger partial charge < -0.3 is 15.4 Å². The Bertz CT molecular complexity index is 1410. The molecule has 30 heavy (non-hydrogen) atoms. The van der Waals surface area contributed by atoms with Gasteiger partial charge in [-0.2, -0.15) is 0 Å². The number of fused-ring (bicyclic) bond motifs is 3. The number of nitrogens with zero attached hydrogens (tertiary/aromatic N) is 1. The zero-order chi connectivity index (χ0) is 21.0. The summed E-state index contributed by atoms with van der Waals surface area (Å²) in [5.74, 6) is -0.351. The maximum atomic E-state index is 12.8. The number of para-hydroxylation sites is 1. The lowest BCUT2D eigenvalue weighted by Crippen LogP contribution is -2.38. The van der Waals surface area contributed by atoms with E-state index in [1.165, 1.54) is 0 Å². The molecule has 0 amide bonds. The minimum Gasteiger partial charge on any atom is -0.494 e. The van der Waals surface area contributed by atoms with Crippen LogP contribution in [0.5, 0.6) is 5.88 Å². The number of aromatic amines is 2. The Morgan fingerprint density at radius 1 is 1.03 bits per heavy atom. The highest BCUT2D eigenvalue weighted by atomic mass is 16.3. The predicted molar refractivity (Wildman–Crippen MR) is 116 cm³/mol. The van der Waals surface area contributed by atoms with Crippen LogP contribution in [0.4, 0.5) is 0 Å². The van der Waals surface area contributed by atoms with Crippen LogP contribution >= 0.6 is 0 Å². The number of aromatic hydroxyl groups is 1. The van der Waals surface area contributed by atoms with Crippen LogP contribution in [-0.2, 0) is 6.42 Å². The first-order chi connectivity index (χ1) is 14.5. The molecule has 152 valence electrons. The van der Waals surface area contributed by atoms with Gasteiger partial charge in [-0.1, -0.05) is 24.3 Å². The summed E-state index contributed by atoms with van der Waals surface area (Å²) in [6.45, 7) is 4.57. The number of rotatable bonds is 2.